The lowest BCUT2D eigenvalue weighted by Crippen LogP contribution is -2.39. The van der Waals surface area contributed by atoms with Gasteiger partial charge in [0.1, 0.15) is 5.75 Å². The molecule has 1 saturated carbocycles. The minimum absolute atomic E-state index is 0.0520. The maximum absolute atomic E-state index is 9.38. The van der Waals surface area contributed by atoms with Crippen molar-refractivity contribution in [3.63, 3.8) is 0 Å². The number of benzene rings is 1. The fraction of sp³-hybridized carbons (Fsp3) is 0.538. The number of nitrogens with one attached hydrogen (secondary N) is 1. The molecular weight excluding hydrogens is 202 g/mol. The van der Waals surface area contributed by atoms with Gasteiger partial charge in [-0.2, -0.15) is 0 Å². The maximum Gasteiger partial charge on any atom is 0.118 e. The van der Waals surface area contributed by atoms with Crippen LogP contribution < -0.4 is 10.1 Å². The van der Waals surface area contributed by atoms with E-state index in [0.717, 1.165) is 11.3 Å². The number of hydrogen-bond donors (Lipinski definition) is 2. The van der Waals surface area contributed by atoms with E-state index in [1.165, 1.54) is 19.3 Å². The van der Waals surface area contributed by atoms with E-state index < -0.39 is 0 Å². The van der Waals surface area contributed by atoms with Crippen LogP contribution in [0.25, 0.3) is 0 Å². The van der Waals surface area contributed by atoms with Crippen molar-refractivity contribution in [2.24, 2.45) is 0 Å². The van der Waals surface area contributed by atoms with Crippen molar-refractivity contribution in [3.05, 3.63) is 29.8 Å². The van der Waals surface area contributed by atoms with Crippen molar-refractivity contribution in [3.8, 4) is 5.75 Å². The van der Waals surface area contributed by atoms with E-state index in [9.17, 15) is 5.11 Å². The van der Waals surface area contributed by atoms with Gasteiger partial charge in [0.15, 0.2) is 0 Å². The van der Waals surface area contributed by atoms with Crippen LogP contribution in [-0.4, -0.2) is 24.9 Å². The van der Waals surface area contributed by atoms with Crippen LogP contribution in [0.5, 0.6) is 5.75 Å². The highest BCUT2D eigenvalue weighted by atomic mass is 16.5. The maximum atomic E-state index is 9.38. The summed E-state index contributed by atoms with van der Waals surface area (Å²) in [4.78, 5) is 0. The zero-order valence-corrected chi connectivity index (χ0v) is 9.65. The van der Waals surface area contributed by atoms with Crippen molar-refractivity contribution in [2.75, 3.05) is 13.7 Å². The third kappa shape index (κ3) is 2.54. The van der Waals surface area contributed by atoms with Gasteiger partial charge in [0.25, 0.3) is 0 Å². The van der Waals surface area contributed by atoms with E-state index in [0.29, 0.717) is 6.04 Å². The van der Waals surface area contributed by atoms with Gasteiger partial charge in [-0.25, -0.2) is 0 Å². The number of rotatable bonds is 5. The predicted octanol–water partition coefficient (Wildman–Crippen LogP) is 1.87. The van der Waals surface area contributed by atoms with Crippen LogP contribution >= 0.6 is 0 Å². The molecule has 1 aliphatic carbocycles. The lowest BCUT2D eigenvalue weighted by Gasteiger charge is -2.31. The zero-order valence-electron chi connectivity index (χ0n) is 9.65. The van der Waals surface area contributed by atoms with Crippen molar-refractivity contribution < 1.29 is 9.84 Å². The predicted molar refractivity (Wildman–Crippen MR) is 63.6 cm³/mol. The Bertz CT molecular complexity index is 319. The highest BCUT2D eigenvalue weighted by molar-refractivity contribution is 5.29. The third-order valence-corrected chi connectivity index (χ3v) is 3.24. The molecule has 0 aromatic heterocycles. The number of aliphatic hydroxyl groups excluding tert-OH is 1. The Balaban J connectivity index is 2.00. The van der Waals surface area contributed by atoms with E-state index >= 15 is 0 Å². The van der Waals surface area contributed by atoms with E-state index in [1.807, 2.05) is 24.3 Å². The summed E-state index contributed by atoms with van der Waals surface area (Å²) in [6.45, 7) is 0.142. The first-order valence-electron chi connectivity index (χ1n) is 5.84. The number of hydrogen-bond acceptors (Lipinski definition) is 3. The highest BCUT2D eigenvalue weighted by Gasteiger charge is 2.21. The van der Waals surface area contributed by atoms with Crippen LogP contribution in [-0.2, 0) is 0 Å². The lowest BCUT2D eigenvalue weighted by molar-refractivity contribution is 0.209. The van der Waals surface area contributed by atoms with Crippen LogP contribution in [0.1, 0.15) is 30.9 Å². The molecule has 16 heavy (non-hydrogen) atoms. The molecule has 0 amide bonds. The average Bonchev–Trinajstić information content (AvgIpc) is 2.28. The zero-order chi connectivity index (χ0) is 11.4. The number of ether oxygens (including phenoxy) is 1. The highest BCUT2D eigenvalue weighted by Crippen LogP contribution is 2.23. The third-order valence-electron chi connectivity index (χ3n) is 3.24. The summed E-state index contributed by atoms with van der Waals surface area (Å²) < 4.78 is 5.11. The molecule has 0 aliphatic heterocycles. The van der Waals surface area contributed by atoms with Gasteiger partial charge in [-0.15, -0.1) is 0 Å². The molecule has 0 bridgehead atoms. The molecule has 1 atom stereocenters. The minimum Gasteiger partial charge on any atom is -0.497 e. The Morgan fingerprint density at radius 2 is 2.06 bits per heavy atom. The summed E-state index contributed by atoms with van der Waals surface area (Å²) in [5, 5.41) is 12.8. The Hall–Kier alpha value is -1.06. The Morgan fingerprint density at radius 3 is 2.50 bits per heavy atom. The van der Waals surface area contributed by atoms with Crippen LogP contribution in [0.3, 0.4) is 0 Å². The minimum atomic E-state index is 0.0520. The Morgan fingerprint density at radius 1 is 1.38 bits per heavy atom. The first-order valence-corrected chi connectivity index (χ1v) is 5.84. The van der Waals surface area contributed by atoms with Crippen molar-refractivity contribution in [1.29, 1.82) is 0 Å². The van der Waals surface area contributed by atoms with E-state index in [4.69, 9.17) is 4.74 Å². The summed E-state index contributed by atoms with van der Waals surface area (Å²) in [5.41, 5.74) is 1.12. The molecule has 2 rings (SSSR count). The molecule has 3 heteroatoms. The van der Waals surface area contributed by atoms with Gasteiger partial charge in [-0.1, -0.05) is 18.6 Å². The first-order chi connectivity index (χ1) is 7.83. The average molecular weight is 221 g/mol. The summed E-state index contributed by atoms with van der Waals surface area (Å²) in [6, 6.07) is 8.51. The van der Waals surface area contributed by atoms with Gasteiger partial charge in [-0.05, 0) is 30.5 Å². The second-order valence-electron chi connectivity index (χ2n) is 4.30. The second kappa shape index (κ2) is 5.32. The molecule has 1 fully saturated rings. The lowest BCUT2D eigenvalue weighted by atomic mass is 9.91. The SMILES string of the molecule is COc1ccc(C(CO)NC2CCC2)cc1. The number of methoxy groups -OCH3 is 1. The summed E-state index contributed by atoms with van der Waals surface area (Å²) in [6.07, 6.45) is 3.76. The molecule has 0 spiro atoms. The van der Waals surface area contributed by atoms with E-state index in [-0.39, 0.29) is 12.6 Å². The van der Waals surface area contributed by atoms with Crippen LogP contribution in [0, 0.1) is 0 Å². The van der Waals surface area contributed by atoms with Crippen LogP contribution in [0.15, 0.2) is 24.3 Å². The fourth-order valence-electron chi connectivity index (χ4n) is 1.95. The normalized spacial score (nSPS) is 17.9. The molecule has 2 N–H and O–H groups in total. The van der Waals surface area contributed by atoms with E-state index in [1.54, 1.807) is 7.11 Å². The molecule has 3 nitrogen and oxygen atoms in total. The fourth-order valence-corrected chi connectivity index (χ4v) is 1.95. The molecule has 0 heterocycles. The summed E-state index contributed by atoms with van der Waals surface area (Å²) in [7, 11) is 1.66. The standard InChI is InChI=1S/C13H19NO2/c1-16-12-7-5-10(6-8-12)13(9-15)14-11-3-2-4-11/h5-8,11,13-15H,2-4,9H2,1H3. The van der Waals surface area contributed by atoms with Gasteiger partial charge in [0, 0.05) is 6.04 Å². The van der Waals surface area contributed by atoms with Crippen molar-refractivity contribution in [2.45, 2.75) is 31.3 Å². The van der Waals surface area contributed by atoms with Gasteiger partial charge < -0.3 is 15.2 Å². The largest absolute Gasteiger partial charge is 0.497 e. The van der Waals surface area contributed by atoms with E-state index in [2.05, 4.69) is 5.32 Å². The van der Waals surface area contributed by atoms with Gasteiger partial charge in [-0.3, -0.25) is 0 Å². The molecular formula is C13H19NO2. The molecule has 1 aromatic carbocycles. The Kier molecular flexibility index (Phi) is 3.80. The summed E-state index contributed by atoms with van der Waals surface area (Å²) >= 11 is 0. The van der Waals surface area contributed by atoms with Crippen molar-refractivity contribution >= 4 is 0 Å². The topological polar surface area (TPSA) is 41.5 Å². The van der Waals surface area contributed by atoms with Crippen LogP contribution in [0.4, 0.5) is 0 Å². The quantitative estimate of drug-likeness (QED) is 0.797. The molecule has 1 unspecified atom stereocenters. The Labute approximate surface area is 96.4 Å². The molecule has 0 radical (unpaired) electrons. The smallest absolute Gasteiger partial charge is 0.118 e. The van der Waals surface area contributed by atoms with Gasteiger partial charge in [0.05, 0.1) is 19.8 Å². The van der Waals surface area contributed by atoms with Crippen LogP contribution in [0.2, 0.25) is 0 Å². The molecule has 1 aliphatic rings. The van der Waals surface area contributed by atoms with Gasteiger partial charge >= 0.3 is 0 Å². The summed E-state index contributed by atoms with van der Waals surface area (Å²) in [5.74, 6) is 0.851. The molecule has 1 aromatic rings. The van der Waals surface area contributed by atoms with Crippen molar-refractivity contribution in [1.82, 2.24) is 5.32 Å². The molecule has 88 valence electrons. The first kappa shape index (κ1) is 11.4. The molecule has 0 saturated heterocycles. The number of aliphatic hydroxyl groups is 1. The van der Waals surface area contributed by atoms with Gasteiger partial charge in [0.2, 0.25) is 0 Å². The monoisotopic (exact) mass is 221 g/mol. The second-order valence-corrected chi connectivity index (χ2v) is 4.30.